The molecule has 0 spiro atoms. The zero-order chi connectivity index (χ0) is 18.3. The summed E-state index contributed by atoms with van der Waals surface area (Å²) in [5, 5.41) is 7.18. The van der Waals surface area contributed by atoms with E-state index in [2.05, 4.69) is 20.5 Å². The second-order valence-corrected chi connectivity index (χ2v) is 9.53. The van der Waals surface area contributed by atoms with E-state index in [-0.39, 0.29) is 11.8 Å². The number of halogens is 1. The number of fused-ring (bicyclic) bond motifs is 2. The van der Waals surface area contributed by atoms with E-state index < -0.39 is 21.0 Å². The third kappa shape index (κ3) is 3.21. The molecule has 2 aromatic rings. The Morgan fingerprint density at radius 2 is 2.27 bits per heavy atom. The van der Waals surface area contributed by atoms with Gasteiger partial charge in [0.1, 0.15) is 0 Å². The van der Waals surface area contributed by atoms with E-state index in [0.29, 0.717) is 16.2 Å². The van der Waals surface area contributed by atoms with E-state index in [4.69, 9.17) is 4.98 Å². The Kier molecular flexibility index (Phi) is 4.90. The Hall–Kier alpha value is -1.64. The summed E-state index contributed by atoms with van der Waals surface area (Å²) >= 11 is -1.75. The summed E-state index contributed by atoms with van der Waals surface area (Å²) < 4.78 is 19.9. The molecule has 2 aliphatic rings. The number of hydrogen-bond acceptors (Lipinski definition) is 3. The molecule has 8 heteroatoms. The fourth-order valence-electron chi connectivity index (χ4n) is 3.83. The van der Waals surface area contributed by atoms with Gasteiger partial charge in [-0.25, -0.2) is 0 Å². The standard InChI is InChI=1S/C13H15N3O.C5H6FN2.Sn/c1-7-5-6-9-11(7)15-10-4-2-3-8(10)12(9)16-13(14)17;1-2-8-4-5(6)3-7-8;/h7H,2-6H2,1H3,(H,15,16,17);4H,2H2,1H3;/t7-;;/m1../s1. The second kappa shape index (κ2) is 7.17. The minimum absolute atomic E-state index is 0.352. The van der Waals surface area contributed by atoms with Crippen LogP contribution in [0.4, 0.5) is 14.9 Å². The third-order valence-electron chi connectivity index (χ3n) is 5.19. The molecule has 0 aromatic carbocycles. The number of carbonyl (C=O) groups excluding carboxylic acids is 1. The molecule has 0 bridgehead atoms. The van der Waals surface area contributed by atoms with Crippen LogP contribution in [0.5, 0.6) is 0 Å². The molecule has 2 amide bonds. The molecule has 26 heavy (non-hydrogen) atoms. The van der Waals surface area contributed by atoms with Gasteiger partial charge in [-0.15, -0.1) is 0 Å². The summed E-state index contributed by atoms with van der Waals surface area (Å²) in [5.41, 5.74) is 5.54. The quantitative estimate of drug-likeness (QED) is 0.716. The molecule has 1 N–H and O–H groups in total. The summed E-state index contributed by atoms with van der Waals surface area (Å²) in [6.07, 6.45) is 6.40. The number of rotatable bonds is 3. The number of amides is 2. The van der Waals surface area contributed by atoms with Crippen LogP contribution in [-0.4, -0.2) is 41.8 Å². The minimum atomic E-state index is -1.75. The van der Waals surface area contributed by atoms with Crippen molar-refractivity contribution in [3.05, 3.63) is 34.5 Å². The van der Waals surface area contributed by atoms with Crippen LogP contribution < -0.4 is 9.03 Å². The van der Waals surface area contributed by atoms with Crippen LogP contribution in [0.25, 0.3) is 0 Å². The molecule has 0 saturated heterocycles. The van der Waals surface area contributed by atoms with Gasteiger partial charge >= 0.3 is 162 Å². The van der Waals surface area contributed by atoms with Crippen LogP contribution >= 0.6 is 0 Å². The van der Waals surface area contributed by atoms with E-state index in [9.17, 15) is 9.18 Å². The average Bonchev–Trinajstić information content (AvgIpc) is 3.32. The number of urea groups is 1. The van der Waals surface area contributed by atoms with Crippen molar-refractivity contribution in [1.82, 2.24) is 14.8 Å². The Balaban J connectivity index is 1.59. The molecular formula is C18H21FN5OSn. The first-order valence-corrected chi connectivity index (χ1v) is 11.8. The molecule has 2 aliphatic carbocycles. The number of nitrogens with zero attached hydrogens (tertiary/aromatic N) is 4. The van der Waals surface area contributed by atoms with Gasteiger partial charge in [-0.2, -0.15) is 0 Å². The number of hydrogen-bond donors (Lipinski definition) is 1. The molecule has 0 saturated carbocycles. The van der Waals surface area contributed by atoms with Gasteiger partial charge in [-0.1, -0.05) is 0 Å². The molecule has 135 valence electrons. The predicted octanol–water partition coefficient (Wildman–Crippen LogP) is 2.72. The molecular weight excluding hydrogens is 440 g/mol. The number of aromatic nitrogens is 3. The van der Waals surface area contributed by atoms with E-state index >= 15 is 0 Å². The second-order valence-electron chi connectivity index (χ2n) is 6.90. The first-order valence-electron chi connectivity index (χ1n) is 9.12. The SMILES string of the molecule is CCn1cc(F)[c]([Sn]=[N]C(=O)Nc2c3c(nc4c2CC[C@H]4C)CCC3)n1. The van der Waals surface area contributed by atoms with E-state index in [1.807, 2.05) is 6.92 Å². The van der Waals surface area contributed by atoms with Gasteiger partial charge in [0.15, 0.2) is 0 Å². The zero-order valence-electron chi connectivity index (χ0n) is 15.0. The van der Waals surface area contributed by atoms with Crippen molar-refractivity contribution in [2.75, 3.05) is 5.32 Å². The van der Waals surface area contributed by atoms with Gasteiger partial charge in [0, 0.05) is 0 Å². The van der Waals surface area contributed by atoms with E-state index in [1.165, 1.54) is 17.3 Å². The average molecular weight is 461 g/mol. The van der Waals surface area contributed by atoms with Crippen molar-refractivity contribution in [3.8, 4) is 0 Å². The summed E-state index contributed by atoms with van der Waals surface area (Å²) in [6.45, 7) is 4.70. The van der Waals surface area contributed by atoms with Crippen molar-refractivity contribution in [2.45, 2.75) is 58.4 Å². The molecule has 0 fully saturated rings. The number of nitrogens with one attached hydrogen (secondary N) is 1. The molecule has 4 rings (SSSR count). The molecule has 1 radical (unpaired) electrons. The van der Waals surface area contributed by atoms with Gasteiger partial charge in [0.25, 0.3) is 0 Å². The van der Waals surface area contributed by atoms with Crippen molar-refractivity contribution >= 4 is 36.4 Å². The Labute approximate surface area is 161 Å². The molecule has 2 heterocycles. The Morgan fingerprint density at radius 3 is 3.04 bits per heavy atom. The number of carbonyl (C=O) groups is 1. The van der Waals surface area contributed by atoms with Crippen molar-refractivity contribution in [3.63, 3.8) is 0 Å². The van der Waals surface area contributed by atoms with Crippen LogP contribution in [0.15, 0.2) is 9.35 Å². The maximum absolute atomic E-state index is 13.8. The summed E-state index contributed by atoms with van der Waals surface area (Å²) in [5.74, 6) is 0.0848. The van der Waals surface area contributed by atoms with Crippen LogP contribution in [0, 0.1) is 5.82 Å². The Morgan fingerprint density at radius 1 is 1.42 bits per heavy atom. The Bertz CT molecular complexity index is 907. The number of pyridine rings is 1. The summed E-state index contributed by atoms with van der Waals surface area (Å²) in [4.78, 5) is 17.3. The predicted molar refractivity (Wildman–Crippen MR) is 97.7 cm³/mol. The van der Waals surface area contributed by atoms with Gasteiger partial charge in [0.2, 0.25) is 0 Å². The van der Waals surface area contributed by atoms with Crippen LogP contribution in [0.3, 0.4) is 0 Å². The number of anilines is 1. The van der Waals surface area contributed by atoms with E-state index in [0.717, 1.165) is 49.2 Å². The van der Waals surface area contributed by atoms with E-state index in [1.54, 1.807) is 4.68 Å². The molecule has 2 aromatic heterocycles. The molecule has 1 atom stereocenters. The van der Waals surface area contributed by atoms with Crippen LogP contribution in [-0.2, 0) is 25.8 Å². The fraction of sp³-hybridized carbons (Fsp3) is 0.500. The van der Waals surface area contributed by atoms with Crippen LogP contribution in [0.1, 0.15) is 55.1 Å². The van der Waals surface area contributed by atoms with Gasteiger partial charge in [-0.3, -0.25) is 0 Å². The fourth-order valence-corrected chi connectivity index (χ4v) is 5.56. The topological polar surface area (TPSA) is 72.2 Å². The molecule has 6 nitrogen and oxygen atoms in total. The summed E-state index contributed by atoms with van der Waals surface area (Å²) in [6, 6.07) is -0.371. The van der Waals surface area contributed by atoms with Gasteiger partial charge in [-0.05, 0) is 0 Å². The first kappa shape index (κ1) is 17.8. The molecule has 0 aliphatic heterocycles. The van der Waals surface area contributed by atoms with Gasteiger partial charge < -0.3 is 0 Å². The van der Waals surface area contributed by atoms with Crippen LogP contribution in [0.2, 0.25) is 0 Å². The first-order chi connectivity index (χ1) is 12.6. The summed E-state index contributed by atoms with van der Waals surface area (Å²) in [7, 11) is 0. The van der Waals surface area contributed by atoms with Crippen molar-refractivity contribution < 1.29 is 9.18 Å². The number of aryl methyl sites for hydroxylation is 2. The van der Waals surface area contributed by atoms with Crippen molar-refractivity contribution in [2.24, 2.45) is 3.15 Å². The normalized spacial score (nSPS) is 18.3. The molecule has 0 unspecified atom stereocenters. The maximum atomic E-state index is 13.8. The van der Waals surface area contributed by atoms with Crippen molar-refractivity contribution in [1.29, 1.82) is 0 Å². The monoisotopic (exact) mass is 462 g/mol. The van der Waals surface area contributed by atoms with Gasteiger partial charge in [0.05, 0.1) is 0 Å². The zero-order valence-corrected chi connectivity index (χ0v) is 17.8. The third-order valence-corrected chi connectivity index (χ3v) is 7.66.